The second kappa shape index (κ2) is 5.69. The zero-order chi connectivity index (χ0) is 13.1. The Kier molecular flexibility index (Phi) is 4.22. The van der Waals surface area contributed by atoms with Gasteiger partial charge in [-0.1, -0.05) is 0 Å². The molecule has 2 heterocycles. The molecule has 2 rings (SSSR count). The number of nitrogens with one attached hydrogen (secondary N) is 1. The topological polar surface area (TPSA) is 75.4 Å². The number of nitrogens with zero attached hydrogens (tertiary/aromatic N) is 1. The van der Waals surface area contributed by atoms with Crippen LogP contribution in [-0.2, 0) is 9.59 Å². The lowest BCUT2D eigenvalue weighted by Crippen LogP contribution is -2.55. The molecule has 0 aromatic rings. The summed E-state index contributed by atoms with van der Waals surface area (Å²) < 4.78 is 0. The van der Waals surface area contributed by atoms with Crippen molar-refractivity contribution in [2.45, 2.75) is 51.1 Å². The maximum Gasteiger partial charge on any atom is 0.227 e. The van der Waals surface area contributed by atoms with Gasteiger partial charge in [0, 0.05) is 31.6 Å². The Hall–Kier alpha value is -1.10. The van der Waals surface area contributed by atoms with Crippen LogP contribution in [0, 0.1) is 5.92 Å². The predicted molar refractivity (Wildman–Crippen MR) is 68.7 cm³/mol. The lowest BCUT2D eigenvalue weighted by Gasteiger charge is -2.40. The highest BCUT2D eigenvalue weighted by atomic mass is 16.2. The number of rotatable bonds is 2. The number of carbonyl (C=O) groups excluding carboxylic acids is 2. The van der Waals surface area contributed by atoms with Crippen LogP contribution in [0.5, 0.6) is 0 Å². The van der Waals surface area contributed by atoms with Crippen LogP contribution in [0.2, 0.25) is 0 Å². The van der Waals surface area contributed by atoms with E-state index in [0.29, 0.717) is 19.4 Å². The molecule has 0 aromatic carbocycles. The van der Waals surface area contributed by atoms with Gasteiger partial charge in [0.1, 0.15) is 0 Å². The average Bonchev–Trinajstić information content (AvgIpc) is 2.39. The Morgan fingerprint density at radius 2 is 2.22 bits per heavy atom. The summed E-state index contributed by atoms with van der Waals surface area (Å²) in [5.41, 5.74) is 5.98. The molecule has 0 bridgehead atoms. The molecule has 5 nitrogen and oxygen atoms in total. The van der Waals surface area contributed by atoms with E-state index in [-0.39, 0.29) is 29.8 Å². The van der Waals surface area contributed by atoms with E-state index >= 15 is 0 Å². The van der Waals surface area contributed by atoms with Crippen molar-refractivity contribution < 1.29 is 9.59 Å². The molecule has 0 aliphatic carbocycles. The Bertz CT molecular complexity index is 320. The lowest BCUT2D eigenvalue weighted by molar-refractivity contribution is -0.141. The van der Waals surface area contributed by atoms with Gasteiger partial charge >= 0.3 is 0 Å². The number of nitrogens with two attached hydrogens (primary N) is 1. The monoisotopic (exact) mass is 253 g/mol. The highest BCUT2D eigenvalue weighted by Gasteiger charge is 2.34. The van der Waals surface area contributed by atoms with Gasteiger partial charge in [0.2, 0.25) is 11.8 Å². The second-order valence-electron chi connectivity index (χ2n) is 5.49. The summed E-state index contributed by atoms with van der Waals surface area (Å²) in [5.74, 6) is 0.181. The van der Waals surface area contributed by atoms with Crippen molar-refractivity contribution in [1.82, 2.24) is 10.2 Å². The van der Waals surface area contributed by atoms with Gasteiger partial charge in [0.15, 0.2) is 0 Å². The Labute approximate surface area is 108 Å². The molecular formula is C13H23N3O2. The lowest BCUT2D eigenvalue weighted by atomic mass is 9.92. The molecule has 3 N–H and O–H groups in total. The summed E-state index contributed by atoms with van der Waals surface area (Å²) in [4.78, 5) is 25.6. The fourth-order valence-electron chi connectivity index (χ4n) is 2.96. The van der Waals surface area contributed by atoms with Crippen molar-refractivity contribution in [3.63, 3.8) is 0 Å². The van der Waals surface area contributed by atoms with E-state index in [4.69, 9.17) is 5.73 Å². The summed E-state index contributed by atoms with van der Waals surface area (Å²) in [6, 6.07) is 0.191. The van der Waals surface area contributed by atoms with Crippen molar-refractivity contribution in [1.29, 1.82) is 0 Å². The van der Waals surface area contributed by atoms with E-state index in [2.05, 4.69) is 5.32 Å². The quantitative estimate of drug-likeness (QED) is 0.740. The largest absolute Gasteiger partial charge is 0.355 e. The molecule has 2 saturated heterocycles. The molecule has 2 aliphatic rings. The van der Waals surface area contributed by atoms with Crippen LogP contribution >= 0.6 is 0 Å². The van der Waals surface area contributed by atoms with Gasteiger partial charge < -0.3 is 16.0 Å². The van der Waals surface area contributed by atoms with Gasteiger partial charge in [0.25, 0.3) is 0 Å². The van der Waals surface area contributed by atoms with Crippen LogP contribution in [0.25, 0.3) is 0 Å². The third kappa shape index (κ3) is 2.83. The van der Waals surface area contributed by atoms with Gasteiger partial charge in [-0.3, -0.25) is 9.59 Å². The molecule has 0 saturated carbocycles. The van der Waals surface area contributed by atoms with Crippen molar-refractivity contribution >= 4 is 11.8 Å². The van der Waals surface area contributed by atoms with Crippen LogP contribution < -0.4 is 11.1 Å². The fourth-order valence-corrected chi connectivity index (χ4v) is 2.96. The van der Waals surface area contributed by atoms with Gasteiger partial charge in [-0.15, -0.1) is 0 Å². The van der Waals surface area contributed by atoms with Crippen molar-refractivity contribution in [2.24, 2.45) is 11.7 Å². The van der Waals surface area contributed by atoms with Crippen LogP contribution in [0.1, 0.15) is 39.0 Å². The minimum atomic E-state index is -0.0537. The number of carbonyl (C=O) groups is 2. The summed E-state index contributed by atoms with van der Waals surface area (Å²) >= 11 is 0. The van der Waals surface area contributed by atoms with Crippen molar-refractivity contribution in [2.75, 3.05) is 13.1 Å². The molecule has 2 amide bonds. The first-order chi connectivity index (χ1) is 8.59. The van der Waals surface area contributed by atoms with E-state index in [1.807, 2.05) is 11.8 Å². The summed E-state index contributed by atoms with van der Waals surface area (Å²) in [6.07, 6.45) is 4.36. The number of piperidine rings is 2. The first-order valence-electron chi connectivity index (χ1n) is 6.92. The normalized spacial score (nSPS) is 30.8. The molecule has 102 valence electrons. The molecule has 0 aromatic heterocycles. The molecule has 3 atom stereocenters. The van der Waals surface area contributed by atoms with Crippen LogP contribution in [0.4, 0.5) is 0 Å². The zero-order valence-electron chi connectivity index (χ0n) is 11.0. The van der Waals surface area contributed by atoms with E-state index in [9.17, 15) is 9.59 Å². The van der Waals surface area contributed by atoms with E-state index in [1.54, 1.807) is 0 Å². The summed E-state index contributed by atoms with van der Waals surface area (Å²) in [5, 5.41) is 2.78. The third-order valence-corrected chi connectivity index (χ3v) is 4.05. The number of hydrogen-bond acceptors (Lipinski definition) is 3. The zero-order valence-corrected chi connectivity index (χ0v) is 11.0. The smallest absolute Gasteiger partial charge is 0.227 e. The van der Waals surface area contributed by atoms with Gasteiger partial charge in [-0.2, -0.15) is 0 Å². The SMILES string of the molecule is CC(N)C1CCCCN1C(=O)C1CCC(=O)NC1. The van der Waals surface area contributed by atoms with Crippen molar-refractivity contribution in [3.8, 4) is 0 Å². The first-order valence-corrected chi connectivity index (χ1v) is 6.92. The van der Waals surface area contributed by atoms with E-state index in [1.165, 1.54) is 0 Å². The van der Waals surface area contributed by atoms with Gasteiger partial charge in [0.05, 0.1) is 5.92 Å². The first kappa shape index (κ1) is 13.3. The predicted octanol–water partition coefficient (Wildman–Crippen LogP) is 0.241. The Morgan fingerprint density at radius 3 is 2.83 bits per heavy atom. The molecule has 2 fully saturated rings. The number of hydrogen-bond donors (Lipinski definition) is 2. The maximum atomic E-state index is 12.5. The van der Waals surface area contributed by atoms with Gasteiger partial charge in [-0.25, -0.2) is 0 Å². The number of amides is 2. The highest BCUT2D eigenvalue weighted by Crippen LogP contribution is 2.23. The fraction of sp³-hybridized carbons (Fsp3) is 0.846. The van der Waals surface area contributed by atoms with E-state index in [0.717, 1.165) is 25.8 Å². The molecule has 2 aliphatic heterocycles. The molecular weight excluding hydrogens is 230 g/mol. The molecule has 0 radical (unpaired) electrons. The molecule has 0 spiro atoms. The summed E-state index contributed by atoms with van der Waals surface area (Å²) in [7, 11) is 0. The summed E-state index contributed by atoms with van der Waals surface area (Å²) in [6.45, 7) is 3.27. The maximum absolute atomic E-state index is 12.5. The second-order valence-corrected chi connectivity index (χ2v) is 5.49. The average molecular weight is 253 g/mol. The molecule has 18 heavy (non-hydrogen) atoms. The molecule has 3 unspecified atom stereocenters. The molecule has 5 heteroatoms. The minimum absolute atomic E-state index is 0.0208. The highest BCUT2D eigenvalue weighted by molar-refractivity contribution is 5.84. The third-order valence-electron chi connectivity index (χ3n) is 4.05. The minimum Gasteiger partial charge on any atom is -0.355 e. The van der Waals surface area contributed by atoms with Crippen LogP contribution in [0.3, 0.4) is 0 Å². The van der Waals surface area contributed by atoms with Crippen LogP contribution in [-0.4, -0.2) is 41.9 Å². The standard InChI is InChI=1S/C13H23N3O2/c1-9(14)11-4-2-3-7-16(11)13(18)10-5-6-12(17)15-8-10/h9-11H,2-8,14H2,1H3,(H,15,17). The van der Waals surface area contributed by atoms with Crippen LogP contribution in [0.15, 0.2) is 0 Å². The van der Waals surface area contributed by atoms with E-state index < -0.39 is 0 Å². The van der Waals surface area contributed by atoms with Crippen molar-refractivity contribution in [3.05, 3.63) is 0 Å². The van der Waals surface area contributed by atoms with Gasteiger partial charge in [-0.05, 0) is 32.6 Å². The Balaban J connectivity index is 1.99. The Morgan fingerprint density at radius 1 is 1.44 bits per heavy atom. The number of likely N-dealkylation sites (tertiary alicyclic amines) is 1.